The molecule has 1 aliphatic rings. The molecule has 2 aromatic heterocycles. The van der Waals surface area contributed by atoms with Crippen molar-refractivity contribution >= 4 is 22.9 Å². The highest BCUT2D eigenvalue weighted by Crippen LogP contribution is 2.26. The van der Waals surface area contributed by atoms with Gasteiger partial charge in [-0.25, -0.2) is 9.67 Å². The Hall–Kier alpha value is -3.45. The van der Waals surface area contributed by atoms with Crippen molar-refractivity contribution in [3.05, 3.63) is 84.0 Å². The lowest BCUT2D eigenvalue weighted by Crippen LogP contribution is -2.49. The number of para-hydroxylation sites is 2. The van der Waals surface area contributed by atoms with Crippen molar-refractivity contribution in [1.82, 2.24) is 19.7 Å². The van der Waals surface area contributed by atoms with Crippen LogP contribution < -0.4 is 4.90 Å². The first kappa shape index (κ1) is 18.6. The van der Waals surface area contributed by atoms with Gasteiger partial charge in [0.05, 0.1) is 10.6 Å². The second-order valence-electron chi connectivity index (χ2n) is 7.10. The number of benzene rings is 2. The molecule has 6 nitrogen and oxygen atoms in total. The third-order valence-electron chi connectivity index (χ3n) is 5.23. The van der Waals surface area contributed by atoms with Crippen molar-refractivity contribution in [2.45, 2.75) is 0 Å². The molecule has 4 aromatic rings. The van der Waals surface area contributed by atoms with Crippen LogP contribution in [0.15, 0.2) is 78.2 Å². The molecule has 0 bridgehead atoms. The van der Waals surface area contributed by atoms with Gasteiger partial charge in [0.15, 0.2) is 5.82 Å². The molecular weight excluding hydrogens is 394 g/mol. The summed E-state index contributed by atoms with van der Waals surface area (Å²) in [7, 11) is 0. The summed E-state index contributed by atoms with van der Waals surface area (Å²) in [6, 6.07) is 24.1. The maximum Gasteiger partial charge on any atom is 0.293 e. The van der Waals surface area contributed by atoms with E-state index in [9.17, 15) is 4.79 Å². The minimum absolute atomic E-state index is 0.116. The van der Waals surface area contributed by atoms with Gasteiger partial charge < -0.3 is 9.80 Å². The van der Waals surface area contributed by atoms with E-state index in [-0.39, 0.29) is 11.7 Å². The molecule has 1 fully saturated rings. The molecule has 30 heavy (non-hydrogen) atoms. The van der Waals surface area contributed by atoms with Crippen LogP contribution in [0.3, 0.4) is 0 Å². The van der Waals surface area contributed by atoms with Gasteiger partial charge in [-0.05, 0) is 35.7 Å². The lowest BCUT2D eigenvalue weighted by molar-refractivity contribution is 0.0734. The fraction of sp³-hybridized carbons (Fsp3) is 0.174. The number of hydrogen-bond acceptors (Lipinski definition) is 5. The number of anilines is 1. The second kappa shape index (κ2) is 8.12. The Morgan fingerprint density at radius 3 is 2.10 bits per heavy atom. The molecule has 2 aromatic carbocycles. The molecule has 0 N–H and O–H groups in total. The van der Waals surface area contributed by atoms with Crippen LogP contribution in [0, 0.1) is 0 Å². The Kier molecular flexibility index (Phi) is 5.03. The summed E-state index contributed by atoms with van der Waals surface area (Å²) < 4.78 is 1.76. The van der Waals surface area contributed by atoms with Gasteiger partial charge in [-0.2, -0.15) is 0 Å². The summed E-state index contributed by atoms with van der Waals surface area (Å²) in [6.45, 7) is 2.91. The van der Waals surface area contributed by atoms with Crippen molar-refractivity contribution in [3.8, 4) is 16.4 Å². The van der Waals surface area contributed by atoms with Gasteiger partial charge in [0.1, 0.15) is 0 Å². The first-order valence-electron chi connectivity index (χ1n) is 9.95. The van der Waals surface area contributed by atoms with Crippen molar-refractivity contribution in [1.29, 1.82) is 0 Å². The summed E-state index contributed by atoms with van der Waals surface area (Å²) in [4.78, 5) is 23.0. The third-order valence-corrected chi connectivity index (χ3v) is 6.09. The first-order chi connectivity index (χ1) is 14.8. The molecule has 0 atom stereocenters. The van der Waals surface area contributed by atoms with Crippen LogP contribution in [-0.2, 0) is 0 Å². The molecule has 7 heteroatoms. The molecular formula is C23H21N5OS. The van der Waals surface area contributed by atoms with Crippen LogP contribution in [0.1, 0.15) is 10.6 Å². The minimum Gasteiger partial charge on any atom is -0.368 e. The number of carbonyl (C=O) groups is 1. The number of hydrogen-bond donors (Lipinski definition) is 0. The largest absolute Gasteiger partial charge is 0.368 e. The number of aromatic nitrogens is 3. The van der Waals surface area contributed by atoms with E-state index in [1.807, 2.05) is 70.9 Å². The normalized spacial score (nSPS) is 14.1. The standard InChI is InChI=1S/C23H21N5OS/c29-23(27-15-13-26(14-16-27)18-8-3-1-4-9-18)21-24-22(20-12-7-17-30-20)28(25-21)19-10-5-2-6-11-19/h1-12,17H,13-16H2. The van der Waals surface area contributed by atoms with Crippen molar-refractivity contribution < 1.29 is 4.79 Å². The zero-order valence-corrected chi connectivity index (χ0v) is 17.2. The molecule has 5 rings (SSSR count). The summed E-state index contributed by atoms with van der Waals surface area (Å²) in [5.41, 5.74) is 2.08. The van der Waals surface area contributed by atoms with Crippen molar-refractivity contribution in [3.63, 3.8) is 0 Å². The topological polar surface area (TPSA) is 54.3 Å². The summed E-state index contributed by atoms with van der Waals surface area (Å²) in [5.74, 6) is 0.827. The number of carbonyl (C=O) groups excluding carboxylic acids is 1. The Bertz CT molecular complexity index is 1120. The first-order valence-corrected chi connectivity index (χ1v) is 10.8. The molecule has 0 aliphatic carbocycles. The van der Waals surface area contributed by atoms with E-state index >= 15 is 0 Å². The van der Waals surface area contributed by atoms with E-state index in [1.165, 1.54) is 5.69 Å². The van der Waals surface area contributed by atoms with Crippen LogP contribution in [0.25, 0.3) is 16.4 Å². The Morgan fingerprint density at radius 2 is 1.47 bits per heavy atom. The van der Waals surface area contributed by atoms with Gasteiger partial charge in [-0.15, -0.1) is 16.4 Å². The van der Waals surface area contributed by atoms with Crippen molar-refractivity contribution in [2.24, 2.45) is 0 Å². The minimum atomic E-state index is -0.116. The van der Waals surface area contributed by atoms with Gasteiger partial charge in [0.2, 0.25) is 5.82 Å². The van der Waals surface area contributed by atoms with Crippen LogP contribution in [-0.4, -0.2) is 51.8 Å². The molecule has 150 valence electrons. The predicted octanol–water partition coefficient (Wildman–Crippen LogP) is 3.96. The second-order valence-corrected chi connectivity index (χ2v) is 8.05. The quantitative estimate of drug-likeness (QED) is 0.506. The van der Waals surface area contributed by atoms with Gasteiger partial charge in [-0.1, -0.05) is 42.5 Å². The summed E-state index contributed by atoms with van der Waals surface area (Å²) in [5, 5.41) is 6.60. The molecule has 1 saturated heterocycles. The average Bonchev–Trinajstić information content (AvgIpc) is 3.50. The highest BCUT2D eigenvalue weighted by atomic mass is 32.1. The highest BCUT2D eigenvalue weighted by molar-refractivity contribution is 7.13. The molecule has 1 amide bonds. The summed E-state index contributed by atoms with van der Waals surface area (Å²) in [6.07, 6.45) is 0. The lowest BCUT2D eigenvalue weighted by Gasteiger charge is -2.35. The van der Waals surface area contributed by atoms with Gasteiger partial charge >= 0.3 is 0 Å². The lowest BCUT2D eigenvalue weighted by atomic mass is 10.2. The number of amides is 1. The van der Waals surface area contributed by atoms with E-state index in [0.29, 0.717) is 18.9 Å². The van der Waals surface area contributed by atoms with Gasteiger partial charge in [-0.3, -0.25) is 4.79 Å². The Morgan fingerprint density at radius 1 is 0.800 bits per heavy atom. The number of piperazine rings is 1. The monoisotopic (exact) mass is 415 g/mol. The Balaban J connectivity index is 1.39. The van der Waals surface area contributed by atoms with E-state index in [2.05, 4.69) is 27.1 Å². The van der Waals surface area contributed by atoms with Crippen LogP contribution in [0.4, 0.5) is 5.69 Å². The average molecular weight is 416 g/mol. The molecule has 1 aliphatic heterocycles. The number of thiophene rings is 1. The molecule has 3 heterocycles. The number of rotatable bonds is 4. The summed E-state index contributed by atoms with van der Waals surface area (Å²) >= 11 is 1.59. The maximum absolute atomic E-state index is 13.2. The van der Waals surface area contributed by atoms with Gasteiger partial charge in [0.25, 0.3) is 5.91 Å². The van der Waals surface area contributed by atoms with E-state index in [0.717, 1.165) is 23.7 Å². The zero-order valence-electron chi connectivity index (χ0n) is 16.4. The van der Waals surface area contributed by atoms with Gasteiger partial charge in [0, 0.05) is 31.9 Å². The van der Waals surface area contributed by atoms with E-state index < -0.39 is 0 Å². The highest BCUT2D eigenvalue weighted by Gasteiger charge is 2.27. The van der Waals surface area contributed by atoms with Crippen LogP contribution >= 0.6 is 11.3 Å². The molecule has 0 unspecified atom stereocenters. The molecule has 0 spiro atoms. The third kappa shape index (κ3) is 3.59. The van der Waals surface area contributed by atoms with E-state index in [4.69, 9.17) is 0 Å². The SMILES string of the molecule is O=C(c1nc(-c2cccs2)n(-c2ccccc2)n1)N1CCN(c2ccccc2)CC1. The maximum atomic E-state index is 13.2. The van der Waals surface area contributed by atoms with Crippen LogP contribution in [0.5, 0.6) is 0 Å². The Labute approximate surface area is 179 Å². The predicted molar refractivity (Wildman–Crippen MR) is 119 cm³/mol. The molecule has 0 saturated carbocycles. The fourth-order valence-electron chi connectivity index (χ4n) is 3.67. The molecule has 0 radical (unpaired) electrons. The van der Waals surface area contributed by atoms with Crippen LogP contribution in [0.2, 0.25) is 0 Å². The smallest absolute Gasteiger partial charge is 0.293 e. The fourth-order valence-corrected chi connectivity index (χ4v) is 4.36. The number of nitrogens with zero attached hydrogens (tertiary/aromatic N) is 5. The van der Waals surface area contributed by atoms with Crippen molar-refractivity contribution in [2.75, 3.05) is 31.1 Å². The van der Waals surface area contributed by atoms with E-state index in [1.54, 1.807) is 16.0 Å². The zero-order chi connectivity index (χ0) is 20.3.